The number of sulfonamides is 1. The molecule has 3 rings (SSSR count). The van der Waals surface area contributed by atoms with Crippen molar-refractivity contribution in [3.8, 4) is 11.5 Å². The topological polar surface area (TPSA) is 88.0 Å². The van der Waals surface area contributed by atoms with Crippen molar-refractivity contribution in [2.75, 3.05) is 4.72 Å². The maximum atomic E-state index is 12.6. The quantitative estimate of drug-likeness (QED) is 0.767. The molecule has 2 N–H and O–H groups in total. The summed E-state index contributed by atoms with van der Waals surface area (Å²) in [6.45, 7) is 5.45. The summed E-state index contributed by atoms with van der Waals surface area (Å²) in [6, 6.07) is 8.76. The molecule has 0 radical (unpaired) electrons. The van der Waals surface area contributed by atoms with Crippen molar-refractivity contribution in [3.05, 3.63) is 53.4 Å². The zero-order chi connectivity index (χ0) is 16.6. The minimum Gasteiger partial charge on any atom is -0.458 e. The number of furan rings is 1. The van der Waals surface area contributed by atoms with Gasteiger partial charge in [-0.2, -0.15) is 5.10 Å². The Balaban J connectivity index is 1.97. The number of nitrogens with zero attached hydrogens (tertiary/aromatic N) is 1. The highest BCUT2D eigenvalue weighted by Crippen LogP contribution is 2.29. The van der Waals surface area contributed by atoms with Crippen LogP contribution in [0.1, 0.15) is 16.9 Å². The Labute approximate surface area is 134 Å². The summed E-state index contributed by atoms with van der Waals surface area (Å²) in [6.07, 6.45) is 1.58. The van der Waals surface area contributed by atoms with Gasteiger partial charge in [0, 0.05) is 12.3 Å². The number of aromatic amines is 1. The molecule has 0 fully saturated rings. The number of H-pyrrole nitrogens is 1. The van der Waals surface area contributed by atoms with Gasteiger partial charge in [-0.15, -0.1) is 0 Å². The number of benzene rings is 1. The van der Waals surface area contributed by atoms with Crippen LogP contribution in [0, 0.1) is 20.8 Å². The van der Waals surface area contributed by atoms with Crippen LogP contribution in [0.5, 0.6) is 0 Å². The van der Waals surface area contributed by atoms with Crippen molar-refractivity contribution in [3.63, 3.8) is 0 Å². The molecule has 2 aromatic heterocycles. The highest BCUT2D eigenvalue weighted by atomic mass is 32.2. The van der Waals surface area contributed by atoms with Gasteiger partial charge in [0.2, 0.25) is 0 Å². The first-order valence-electron chi connectivity index (χ1n) is 7.07. The minimum atomic E-state index is -3.73. The van der Waals surface area contributed by atoms with E-state index in [4.69, 9.17) is 4.42 Å². The average Bonchev–Trinajstić information content (AvgIpc) is 3.11. The van der Waals surface area contributed by atoms with Crippen molar-refractivity contribution in [2.45, 2.75) is 25.7 Å². The predicted octanol–water partition coefficient (Wildman–Crippen LogP) is 3.40. The summed E-state index contributed by atoms with van der Waals surface area (Å²) in [5.74, 6) is 0.757. The summed E-state index contributed by atoms with van der Waals surface area (Å²) in [4.78, 5) is 0.113. The Morgan fingerprint density at radius 3 is 2.57 bits per heavy atom. The zero-order valence-electron chi connectivity index (χ0n) is 13.0. The number of hydrogen-bond acceptors (Lipinski definition) is 4. The van der Waals surface area contributed by atoms with Gasteiger partial charge in [-0.3, -0.25) is 9.82 Å². The molecule has 0 amide bonds. The summed E-state index contributed by atoms with van der Waals surface area (Å²) in [5, 5.41) is 6.59. The highest BCUT2D eigenvalue weighted by Gasteiger charge is 2.23. The van der Waals surface area contributed by atoms with E-state index in [9.17, 15) is 8.42 Å². The molecule has 3 aromatic rings. The third-order valence-electron chi connectivity index (χ3n) is 3.55. The minimum absolute atomic E-state index is 0.113. The van der Waals surface area contributed by atoms with E-state index < -0.39 is 10.0 Å². The largest absolute Gasteiger partial charge is 0.458 e. The third-order valence-corrected chi connectivity index (χ3v) is 5.03. The Morgan fingerprint density at radius 1 is 1.13 bits per heavy atom. The lowest BCUT2D eigenvalue weighted by atomic mass is 10.1. The SMILES string of the molecule is Cc1ccc(NS(=O)(=O)c2cc(-c3ccn[nH]3)oc2C)c(C)c1. The monoisotopic (exact) mass is 331 g/mol. The van der Waals surface area contributed by atoms with Crippen LogP contribution >= 0.6 is 0 Å². The molecular formula is C16H17N3O3S. The van der Waals surface area contributed by atoms with Crippen molar-refractivity contribution >= 4 is 15.7 Å². The third kappa shape index (κ3) is 3.00. The first-order chi connectivity index (χ1) is 10.9. The molecule has 0 spiro atoms. The van der Waals surface area contributed by atoms with E-state index in [0.29, 0.717) is 22.9 Å². The van der Waals surface area contributed by atoms with Gasteiger partial charge in [0.15, 0.2) is 5.76 Å². The van der Waals surface area contributed by atoms with Crippen molar-refractivity contribution in [2.24, 2.45) is 0 Å². The molecule has 6 nitrogen and oxygen atoms in total. The molecule has 0 unspecified atom stereocenters. The second-order valence-electron chi connectivity index (χ2n) is 5.43. The normalized spacial score (nSPS) is 11.6. The lowest BCUT2D eigenvalue weighted by Gasteiger charge is -2.10. The van der Waals surface area contributed by atoms with Crippen LogP contribution in [-0.2, 0) is 10.0 Å². The van der Waals surface area contributed by atoms with Crippen LogP contribution in [0.25, 0.3) is 11.5 Å². The first kappa shape index (κ1) is 15.4. The van der Waals surface area contributed by atoms with Crippen LogP contribution in [0.15, 0.2) is 45.8 Å². The molecule has 0 aliphatic rings. The van der Waals surface area contributed by atoms with Gasteiger partial charge < -0.3 is 4.42 Å². The van der Waals surface area contributed by atoms with E-state index in [1.165, 1.54) is 6.07 Å². The number of rotatable bonds is 4. The zero-order valence-corrected chi connectivity index (χ0v) is 13.9. The van der Waals surface area contributed by atoms with Crippen LogP contribution in [0.3, 0.4) is 0 Å². The van der Waals surface area contributed by atoms with E-state index in [1.807, 2.05) is 26.0 Å². The fourth-order valence-corrected chi connectivity index (χ4v) is 3.70. The van der Waals surface area contributed by atoms with Gasteiger partial charge in [0.1, 0.15) is 16.3 Å². The maximum Gasteiger partial charge on any atom is 0.265 e. The molecule has 0 atom stereocenters. The number of aromatic nitrogens is 2. The van der Waals surface area contributed by atoms with E-state index in [0.717, 1.165) is 11.1 Å². The molecule has 2 heterocycles. The molecule has 0 bridgehead atoms. The van der Waals surface area contributed by atoms with E-state index >= 15 is 0 Å². The molecule has 23 heavy (non-hydrogen) atoms. The van der Waals surface area contributed by atoms with Crippen molar-refractivity contribution < 1.29 is 12.8 Å². The number of aryl methyl sites for hydroxylation is 3. The van der Waals surface area contributed by atoms with Crippen molar-refractivity contribution in [1.82, 2.24) is 10.2 Å². The summed E-state index contributed by atoms with van der Waals surface area (Å²) >= 11 is 0. The Morgan fingerprint density at radius 2 is 1.91 bits per heavy atom. The second-order valence-corrected chi connectivity index (χ2v) is 7.08. The molecule has 120 valence electrons. The predicted molar refractivity (Wildman–Crippen MR) is 87.8 cm³/mol. The van der Waals surface area contributed by atoms with Crippen LogP contribution in [0.2, 0.25) is 0 Å². The summed E-state index contributed by atoms with van der Waals surface area (Å²) < 4.78 is 33.4. The smallest absolute Gasteiger partial charge is 0.265 e. The van der Waals surface area contributed by atoms with Gasteiger partial charge in [-0.05, 0) is 38.5 Å². The molecule has 0 saturated carbocycles. The fraction of sp³-hybridized carbons (Fsp3) is 0.188. The van der Waals surface area contributed by atoms with Gasteiger partial charge in [0.05, 0.1) is 5.69 Å². The standard InChI is InChI=1S/C16H17N3O3S/c1-10-4-5-13(11(2)8-10)19-23(20,21)16-9-15(22-12(16)3)14-6-7-17-18-14/h4-9,19H,1-3H3,(H,17,18). The molecule has 7 heteroatoms. The van der Waals surface area contributed by atoms with Gasteiger partial charge in [-0.25, -0.2) is 8.42 Å². The van der Waals surface area contributed by atoms with Crippen molar-refractivity contribution in [1.29, 1.82) is 0 Å². The first-order valence-corrected chi connectivity index (χ1v) is 8.55. The van der Waals surface area contributed by atoms with E-state index in [2.05, 4.69) is 14.9 Å². The van der Waals surface area contributed by atoms with E-state index in [-0.39, 0.29) is 4.90 Å². The number of anilines is 1. The molecular weight excluding hydrogens is 314 g/mol. The molecule has 1 aromatic carbocycles. The number of nitrogens with one attached hydrogen (secondary N) is 2. The maximum absolute atomic E-state index is 12.6. The Kier molecular flexibility index (Phi) is 3.73. The Hall–Kier alpha value is -2.54. The van der Waals surface area contributed by atoms with Crippen LogP contribution in [0.4, 0.5) is 5.69 Å². The lowest BCUT2D eigenvalue weighted by molar-refractivity contribution is 0.533. The second kappa shape index (κ2) is 5.58. The van der Waals surface area contributed by atoms with E-state index in [1.54, 1.807) is 25.3 Å². The van der Waals surface area contributed by atoms with Crippen LogP contribution < -0.4 is 4.72 Å². The highest BCUT2D eigenvalue weighted by molar-refractivity contribution is 7.92. The van der Waals surface area contributed by atoms with Gasteiger partial charge in [0.25, 0.3) is 10.0 Å². The molecule has 0 saturated heterocycles. The lowest BCUT2D eigenvalue weighted by Crippen LogP contribution is -2.14. The Bertz CT molecular complexity index is 941. The average molecular weight is 331 g/mol. The van der Waals surface area contributed by atoms with Gasteiger partial charge in [-0.1, -0.05) is 17.7 Å². The van der Waals surface area contributed by atoms with Crippen LogP contribution in [-0.4, -0.2) is 18.6 Å². The summed E-state index contributed by atoms with van der Waals surface area (Å²) in [5.41, 5.74) is 3.12. The molecule has 0 aliphatic carbocycles. The fourth-order valence-electron chi connectivity index (χ4n) is 2.39. The summed E-state index contributed by atoms with van der Waals surface area (Å²) in [7, 11) is -3.73. The number of hydrogen-bond donors (Lipinski definition) is 2. The molecule has 0 aliphatic heterocycles. The van der Waals surface area contributed by atoms with Gasteiger partial charge >= 0.3 is 0 Å².